The van der Waals surface area contributed by atoms with Gasteiger partial charge in [-0.15, -0.1) is 0 Å². The maximum absolute atomic E-state index is 12.9. The summed E-state index contributed by atoms with van der Waals surface area (Å²) in [6.07, 6.45) is 5.03. The minimum Gasteiger partial charge on any atom is -0.392 e. The molecule has 108 valence electrons. The zero-order chi connectivity index (χ0) is 14.0. The van der Waals surface area contributed by atoms with E-state index in [1.165, 1.54) is 6.42 Å². The fourth-order valence-electron chi connectivity index (χ4n) is 3.37. The smallest absolute Gasteiger partial charge is 0.235 e. The highest BCUT2D eigenvalue weighted by Gasteiger charge is 2.45. The SMILES string of the molecule is CC1CN(C(=O)C2(C(N)=S)CCCCC2)CC(C)O1. The van der Waals surface area contributed by atoms with E-state index in [0.29, 0.717) is 18.1 Å². The predicted molar refractivity (Wildman–Crippen MR) is 78.9 cm³/mol. The van der Waals surface area contributed by atoms with Crippen molar-refractivity contribution in [3.05, 3.63) is 0 Å². The number of thiocarbonyl (C=S) groups is 1. The van der Waals surface area contributed by atoms with Crippen molar-refractivity contribution in [3.63, 3.8) is 0 Å². The van der Waals surface area contributed by atoms with E-state index in [9.17, 15) is 4.79 Å². The lowest BCUT2D eigenvalue weighted by Crippen LogP contribution is -2.57. The van der Waals surface area contributed by atoms with Gasteiger partial charge in [-0.3, -0.25) is 4.79 Å². The van der Waals surface area contributed by atoms with Crippen LogP contribution >= 0.6 is 12.2 Å². The van der Waals surface area contributed by atoms with E-state index in [1.54, 1.807) is 0 Å². The molecule has 5 heteroatoms. The standard InChI is InChI=1S/C14H24N2O2S/c1-10-8-16(9-11(2)18-10)13(17)14(12(15)19)6-4-3-5-7-14/h10-11H,3-9H2,1-2H3,(H2,15,19). The first-order chi connectivity index (χ1) is 8.95. The number of amides is 1. The van der Waals surface area contributed by atoms with Crippen LogP contribution in [-0.2, 0) is 9.53 Å². The second-order valence-corrected chi connectivity index (χ2v) is 6.41. The van der Waals surface area contributed by atoms with Gasteiger partial charge in [0.2, 0.25) is 5.91 Å². The number of nitrogens with two attached hydrogens (primary N) is 1. The first-order valence-corrected chi connectivity index (χ1v) is 7.61. The van der Waals surface area contributed by atoms with Gasteiger partial charge in [0.25, 0.3) is 0 Å². The highest BCUT2D eigenvalue weighted by atomic mass is 32.1. The average Bonchev–Trinajstić information content (AvgIpc) is 2.37. The van der Waals surface area contributed by atoms with Crippen LogP contribution in [0.4, 0.5) is 0 Å². The third kappa shape index (κ3) is 2.92. The van der Waals surface area contributed by atoms with E-state index in [2.05, 4.69) is 0 Å². The van der Waals surface area contributed by atoms with Crippen LogP contribution in [-0.4, -0.2) is 41.1 Å². The number of morpholine rings is 1. The molecule has 4 nitrogen and oxygen atoms in total. The van der Waals surface area contributed by atoms with Crippen LogP contribution in [0.1, 0.15) is 46.0 Å². The van der Waals surface area contributed by atoms with Crippen molar-refractivity contribution in [3.8, 4) is 0 Å². The number of hydrogen-bond acceptors (Lipinski definition) is 3. The van der Waals surface area contributed by atoms with Gasteiger partial charge in [0.15, 0.2) is 0 Å². The summed E-state index contributed by atoms with van der Waals surface area (Å²) in [4.78, 5) is 15.2. The molecule has 19 heavy (non-hydrogen) atoms. The molecule has 2 aliphatic rings. The Balaban J connectivity index is 2.17. The number of hydrogen-bond donors (Lipinski definition) is 1. The Bertz CT molecular complexity index is 356. The third-order valence-electron chi connectivity index (χ3n) is 4.29. The van der Waals surface area contributed by atoms with Crippen LogP contribution in [0.5, 0.6) is 0 Å². The highest BCUT2D eigenvalue weighted by Crippen LogP contribution is 2.39. The van der Waals surface area contributed by atoms with Gasteiger partial charge >= 0.3 is 0 Å². The summed E-state index contributed by atoms with van der Waals surface area (Å²) in [7, 11) is 0. The topological polar surface area (TPSA) is 55.6 Å². The van der Waals surface area contributed by atoms with Gasteiger partial charge in [-0.1, -0.05) is 31.5 Å². The van der Waals surface area contributed by atoms with E-state index >= 15 is 0 Å². The van der Waals surface area contributed by atoms with E-state index < -0.39 is 5.41 Å². The Labute approximate surface area is 120 Å². The number of carbonyl (C=O) groups excluding carboxylic acids is 1. The molecule has 2 atom stereocenters. The number of rotatable bonds is 2. The first-order valence-electron chi connectivity index (χ1n) is 7.20. The number of ether oxygens (including phenoxy) is 1. The summed E-state index contributed by atoms with van der Waals surface area (Å²) in [5.74, 6) is 0.127. The van der Waals surface area contributed by atoms with Crippen molar-refractivity contribution >= 4 is 23.1 Å². The zero-order valence-electron chi connectivity index (χ0n) is 11.9. The van der Waals surface area contributed by atoms with Crippen LogP contribution in [0, 0.1) is 5.41 Å². The summed E-state index contributed by atoms with van der Waals surface area (Å²) < 4.78 is 5.69. The Morgan fingerprint density at radius 2 is 1.74 bits per heavy atom. The Kier molecular flexibility index (Phi) is 4.46. The lowest BCUT2D eigenvalue weighted by molar-refractivity contribution is -0.151. The van der Waals surface area contributed by atoms with E-state index in [0.717, 1.165) is 25.7 Å². The van der Waals surface area contributed by atoms with Gasteiger partial charge in [0, 0.05) is 13.1 Å². The third-order valence-corrected chi connectivity index (χ3v) is 4.69. The molecule has 0 aromatic heterocycles. The molecule has 1 aliphatic heterocycles. The Hall–Kier alpha value is -0.680. The summed E-state index contributed by atoms with van der Waals surface area (Å²) in [6, 6.07) is 0. The quantitative estimate of drug-likeness (QED) is 0.786. The molecule has 0 radical (unpaired) electrons. The van der Waals surface area contributed by atoms with Gasteiger partial charge in [0.1, 0.15) is 0 Å². The molecule has 0 aromatic rings. The molecule has 0 spiro atoms. The highest BCUT2D eigenvalue weighted by molar-refractivity contribution is 7.80. The normalized spacial score (nSPS) is 30.9. The molecule has 1 saturated carbocycles. The van der Waals surface area contributed by atoms with Crippen molar-refractivity contribution in [1.29, 1.82) is 0 Å². The fraction of sp³-hybridized carbons (Fsp3) is 0.857. The van der Waals surface area contributed by atoms with Gasteiger partial charge in [0.05, 0.1) is 22.6 Å². The maximum Gasteiger partial charge on any atom is 0.235 e. The average molecular weight is 284 g/mol. The maximum atomic E-state index is 12.9. The second kappa shape index (κ2) is 5.75. The first kappa shape index (κ1) is 14.7. The lowest BCUT2D eigenvalue weighted by Gasteiger charge is -2.43. The van der Waals surface area contributed by atoms with Crippen molar-refractivity contribution in [2.45, 2.75) is 58.2 Å². The van der Waals surface area contributed by atoms with E-state index in [1.807, 2.05) is 18.7 Å². The summed E-state index contributed by atoms with van der Waals surface area (Å²) in [6.45, 7) is 5.30. The Morgan fingerprint density at radius 1 is 1.21 bits per heavy atom. The van der Waals surface area contributed by atoms with Gasteiger partial charge in [-0.25, -0.2) is 0 Å². The molecule has 2 rings (SSSR count). The molecule has 0 bridgehead atoms. The largest absolute Gasteiger partial charge is 0.392 e. The van der Waals surface area contributed by atoms with Crippen LogP contribution in [0.25, 0.3) is 0 Å². The molecule has 1 heterocycles. The molecule has 1 saturated heterocycles. The van der Waals surface area contributed by atoms with Crippen molar-refractivity contribution in [2.75, 3.05) is 13.1 Å². The second-order valence-electron chi connectivity index (χ2n) is 5.97. The van der Waals surface area contributed by atoms with Gasteiger partial charge < -0.3 is 15.4 Å². The van der Waals surface area contributed by atoms with E-state index in [4.69, 9.17) is 22.7 Å². The molecule has 2 unspecified atom stereocenters. The minimum atomic E-state index is -0.593. The zero-order valence-corrected chi connectivity index (χ0v) is 12.7. The van der Waals surface area contributed by atoms with Gasteiger partial charge in [-0.2, -0.15) is 0 Å². The number of nitrogens with zero attached hydrogens (tertiary/aromatic N) is 1. The molecular formula is C14H24N2O2S. The lowest BCUT2D eigenvalue weighted by atomic mass is 9.72. The molecule has 2 N–H and O–H groups in total. The summed E-state index contributed by atoms with van der Waals surface area (Å²) in [5, 5.41) is 0. The van der Waals surface area contributed by atoms with Crippen LogP contribution in [0.2, 0.25) is 0 Å². The van der Waals surface area contributed by atoms with Crippen molar-refractivity contribution in [2.24, 2.45) is 11.1 Å². The molecule has 2 fully saturated rings. The molecular weight excluding hydrogens is 260 g/mol. The summed E-state index contributed by atoms with van der Waals surface area (Å²) >= 11 is 5.23. The molecule has 1 amide bonds. The monoisotopic (exact) mass is 284 g/mol. The van der Waals surface area contributed by atoms with Crippen molar-refractivity contribution < 1.29 is 9.53 Å². The van der Waals surface area contributed by atoms with Gasteiger partial charge in [-0.05, 0) is 26.7 Å². The fourth-order valence-corrected chi connectivity index (χ4v) is 3.66. The molecule has 0 aromatic carbocycles. The Morgan fingerprint density at radius 3 is 2.21 bits per heavy atom. The predicted octanol–water partition coefficient (Wildman–Crippen LogP) is 1.86. The summed E-state index contributed by atoms with van der Waals surface area (Å²) in [5.41, 5.74) is 5.34. The van der Waals surface area contributed by atoms with E-state index in [-0.39, 0.29) is 18.1 Å². The van der Waals surface area contributed by atoms with Crippen LogP contribution in [0.15, 0.2) is 0 Å². The van der Waals surface area contributed by atoms with Crippen LogP contribution < -0.4 is 5.73 Å². The number of carbonyl (C=O) groups is 1. The van der Waals surface area contributed by atoms with Crippen molar-refractivity contribution in [1.82, 2.24) is 4.90 Å². The van der Waals surface area contributed by atoms with Crippen LogP contribution in [0.3, 0.4) is 0 Å². The minimum absolute atomic E-state index is 0.0830. The molecule has 1 aliphatic carbocycles.